The molecule has 2 aromatic heterocycles. The molecular weight excluding hydrogens is 334 g/mol. The van der Waals surface area contributed by atoms with Gasteiger partial charge in [0, 0.05) is 17.3 Å². The Morgan fingerprint density at radius 2 is 1.60 bits per heavy atom. The maximum Gasteiger partial charge on any atom is 0.292 e. The summed E-state index contributed by atoms with van der Waals surface area (Å²) in [6.07, 6.45) is 3.08. The molecule has 0 saturated carbocycles. The van der Waals surface area contributed by atoms with E-state index in [9.17, 15) is 9.90 Å². The summed E-state index contributed by atoms with van der Waals surface area (Å²) in [7, 11) is 0. The molecule has 3 aromatic rings. The van der Waals surface area contributed by atoms with Gasteiger partial charge in [-0.15, -0.1) is 0 Å². The van der Waals surface area contributed by atoms with E-state index in [2.05, 4.69) is 51.6 Å². The highest BCUT2D eigenvalue weighted by molar-refractivity contribution is 7.20. The van der Waals surface area contributed by atoms with Crippen molar-refractivity contribution in [3.8, 4) is 16.2 Å². The second-order valence-corrected chi connectivity index (χ2v) is 9.35. The molecule has 0 aliphatic carbocycles. The maximum absolute atomic E-state index is 11.4. The molecule has 0 spiro atoms. The molecule has 0 aliphatic heterocycles. The molecule has 0 amide bonds. The van der Waals surface area contributed by atoms with Crippen molar-refractivity contribution < 1.29 is 5.11 Å². The highest BCUT2D eigenvalue weighted by Gasteiger charge is 2.27. The first-order valence-electron chi connectivity index (χ1n) is 8.21. The zero-order valence-corrected chi connectivity index (χ0v) is 16.2. The summed E-state index contributed by atoms with van der Waals surface area (Å²) in [5.74, 6) is 0.357. The van der Waals surface area contributed by atoms with Crippen molar-refractivity contribution in [2.24, 2.45) is 0 Å². The third kappa shape index (κ3) is 3.31. The minimum atomic E-state index is -0.343. The predicted molar refractivity (Wildman–Crippen MR) is 102 cm³/mol. The van der Waals surface area contributed by atoms with Gasteiger partial charge in [-0.2, -0.15) is 10.1 Å². The second kappa shape index (κ2) is 5.66. The van der Waals surface area contributed by atoms with E-state index in [1.165, 1.54) is 17.5 Å². The maximum atomic E-state index is 11.4. The molecule has 0 bridgehead atoms. The van der Waals surface area contributed by atoms with Crippen molar-refractivity contribution in [3.05, 3.63) is 46.0 Å². The highest BCUT2D eigenvalue weighted by atomic mass is 32.1. The number of aromatic nitrogens is 3. The van der Waals surface area contributed by atoms with E-state index < -0.39 is 0 Å². The largest absolute Gasteiger partial charge is 0.507 e. The summed E-state index contributed by atoms with van der Waals surface area (Å²) < 4.78 is 1.61. The van der Waals surface area contributed by atoms with Gasteiger partial charge in [-0.3, -0.25) is 4.79 Å². The molecule has 0 atom stereocenters. The van der Waals surface area contributed by atoms with Crippen LogP contribution in [0.1, 0.15) is 52.7 Å². The fourth-order valence-electron chi connectivity index (χ4n) is 2.78. The SMILES string of the molecule is CC(C)(C)c1cc(-c2cn3ncc(=O)nc3s2)cc(C(C)(C)C)c1O. The van der Waals surface area contributed by atoms with Gasteiger partial charge in [0.1, 0.15) is 11.9 Å². The summed E-state index contributed by atoms with van der Waals surface area (Å²) >= 11 is 1.42. The predicted octanol–water partition coefficient (Wildman–Crippen LogP) is 4.12. The molecule has 1 N–H and O–H groups in total. The van der Waals surface area contributed by atoms with Gasteiger partial charge in [-0.25, -0.2) is 4.52 Å². The van der Waals surface area contributed by atoms with Gasteiger partial charge in [0.15, 0.2) is 0 Å². The molecule has 0 unspecified atom stereocenters. The van der Waals surface area contributed by atoms with Crippen LogP contribution in [-0.4, -0.2) is 19.7 Å². The van der Waals surface area contributed by atoms with Crippen molar-refractivity contribution in [2.75, 3.05) is 0 Å². The molecule has 2 heterocycles. The first kappa shape index (κ1) is 17.6. The molecule has 0 fully saturated rings. The van der Waals surface area contributed by atoms with Gasteiger partial charge in [0.2, 0.25) is 4.96 Å². The smallest absolute Gasteiger partial charge is 0.292 e. The molecule has 3 rings (SSSR count). The normalized spacial score (nSPS) is 12.7. The number of rotatable bonds is 1. The number of hydrogen-bond acceptors (Lipinski definition) is 5. The van der Waals surface area contributed by atoms with Crippen LogP contribution in [0.4, 0.5) is 0 Å². The summed E-state index contributed by atoms with van der Waals surface area (Å²) in [5.41, 5.74) is 2.08. The lowest BCUT2D eigenvalue weighted by Crippen LogP contribution is -2.17. The topological polar surface area (TPSA) is 67.5 Å². The Hall–Kier alpha value is -2.21. The fraction of sp³-hybridized carbons (Fsp3) is 0.421. The minimum Gasteiger partial charge on any atom is -0.507 e. The van der Waals surface area contributed by atoms with Crippen molar-refractivity contribution >= 4 is 16.3 Å². The fourth-order valence-corrected chi connectivity index (χ4v) is 3.70. The van der Waals surface area contributed by atoms with Crippen molar-refractivity contribution in [2.45, 2.75) is 52.4 Å². The zero-order valence-electron chi connectivity index (χ0n) is 15.4. The summed E-state index contributed by atoms with van der Waals surface area (Å²) in [6, 6.07) is 4.04. The number of hydrogen-bond donors (Lipinski definition) is 1. The van der Waals surface area contributed by atoms with E-state index in [0.29, 0.717) is 10.7 Å². The second-order valence-electron chi connectivity index (χ2n) is 8.34. The van der Waals surface area contributed by atoms with Gasteiger partial charge >= 0.3 is 0 Å². The van der Waals surface area contributed by atoms with Crippen LogP contribution in [0, 0.1) is 0 Å². The zero-order chi connectivity index (χ0) is 18.6. The standard InChI is InChI=1S/C19H23N3O2S/c1-18(2,3)12-7-11(8-13(16(12)24)19(4,5)6)14-10-22-17(25-14)21-15(23)9-20-22/h7-10,24H,1-6H3. The molecular formula is C19H23N3O2S. The van der Waals surface area contributed by atoms with E-state index in [0.717, 1.165) is 21.6 Å². The number of thiazole rings is 1. The molecule has 0 aliphatic rings. The van der Waals surface area contributed by atoms with Crippen LogP contribution in [0.25, 0.3) is 15.4 Å². The van der Waals surface area contributed by atoms with Crippen LogP contribution >= 0.6 is 11.3 Å². The monoisotopic (exact) mass is 357 g/mol. The van der Waals surface area contributed by atoms with E-state index in [1.54, 1.807) is 4.52 Å². The first-order valence-corrected chi connectivity index (χ1v) is 9.02. The Bertz CT molecular complexity index is 969. The average molecular weight is 357 g/mol. The van der Waals surface area contributed by atoms with Gasteiger partial charge in [-0.1, -0.05) is 52.9 Å². The molecule has 132 valence electrons. The number of phenols is 1. The molecule has 6 heteroatoms. The van der Waals surface area contributed by atoms with Crippen LogP contribution in [0.3, 0.4) is 0 Å². The number of benzene rings is 1. The van der Waals surface area contributed by atoms with Crippen LogP contribution in [0.2, 0.25) is 0 Å². The van der Waals surface area contributed by atoms with Crippen molar-refractivity contribution in [1.82, 2.24) is 14.6 Å². The quantitative estimate of drug-likeness (QED) is 0.711. The van der Waals surface area contributed by atoms with Crippen molar-refractivity contribution in [3.63, 3.8) is 0 Å². The Labute approximate surface area is 151 Å². The number of phenolic OH excluding ortho intramolecular Hbond substituents is 1. The molecule has 25 heavy (non-hydrogen) atoms. The van der Waals surface area contributed by atoms with Crippen LogP contribution in [0.15, 0.2) is 29.3 Å². The number of aromatic hydroxyl groups is 1. The first-order chi connectivity index (χ1) is 11.5. The van der Waals surface area contributed by atoms with E-state index in [4.69, 9.17) is 0 Å². The van der Waals surface area contributed by atoms with Gasteiger partial charge in [0.05, 0.1) is 4.88 Å². The molecule has 0 saturated heterocycles. The van der Waals surface area contributed by atoms with Gasteiger partial charge < -0.3 is 5.11 Å². The lowest BCUT2D eigenvalue weighted by atomic mass is 9.78. The summed E-state index contributed by atoms with van der Waals surface area (Å²) in [4.78, 5) is 16.9. The number of fused-ring (bicyclic) bond motifs is 1. The lowest BCUT2D eigenvalue weighted by molar-refractivity contribution is 0.423. The Morgan fingerprint density at radius 1 is 1.04 bits per heavy atom. The van der Waals surface area contributed by atoms with Crippen molar-refractivity contribution in [1.29, 1.82) is 0 Å². The summed E-state index contributed by atoms with van der Waals surface area (Å²) in [6.45, 7) is 12.5. The van der Waals surface area contributed by atoms with E-state index in [1.807, 2.05) is 18.3 Å². The third-order valence-electron chi connectivity index (χ3n) is 4.15. The van der Waals surface area contributed by atoms with Crippen LogP contribution in [-0.2, 0) is 10.8 Å². The van der Waals surface area contributed by atoms with E-state index >= 15 is 0 Å². The number of nitrogens with zero attached hydrogens (tertiary/aromatic N) is 3. The molecule has 1 aromatic carbocycles. The Morgan fingerprint density at radius 3 is 2.12 bits per heavy atom. The average Bonchev–Trinajstić information content (AvgIpc) is 2.87. The third-order valence-corrected chi connectivity index (χ3v) is 5.17. The molecule has 0 radical (unpaired) electrons. The van der Waals surface area contributed by atoms with Crippen LogP contribution < -0.4 is 5.56 Å². The van der Waals surface area contributed by atoms with Crippen LogP contribution in [0.5, 0.6) is 5.75 Å². The Balaban J connectivity index is 2.29. The minimum absolute atomic E-state index is 0.192. The highest BCUT2D eigenvalue weighted by Crippen LogP contribution is 2.42. The van der Waals surface area contributed by atoms with Gasteiger partial charge in [-0.05, 0) is 28.5 Å². The lowest BCUT2D eigenvalue weighted by Gasteiger charge is -2.28. The summed E-state index contributed by atoms with van der Waals surface area (Å²) in [5, 5.41) is 14.9. The van der Waals surface area contributed by atoms with Gasteiger partial charge in [0.25, 0.3) is 5.56 Å². The molecule has 5 nitrogen and oxygen atoms in total. The Kier molecular flexibility index (Phi) is 3.99. The van der Waals surface area contributed by atoms with E-state index in [-0.39, 0.29) is 16.4 Å².